The number of H-pyrrole nitrogens is 1. The Kier molecular flexibility index (Phi) is 5.06. The fourth-order valence-electron chi connectivity index (χ4n) is 3.13. The first-order valence-corrected chi connectivity index (χ1v) is 9.10. The maximum Gasteiger partial charge on any atom is 0.260 e. The number of nitrogens with one attached hydrogen (secondary N) is 3. The molecule has 1 aliphatic rings. The molecule has 120 valence electrons. The van der Waals surface area contributed by atoms with Crippen molar-refractivity contribution in [1.82, 2.24) is 20.2 Å². The van der Waals surface area contributed by atoms with Crippen LogP contribution < -0.4 is 10.0 Å². The third-order valence-electron chi connectivity index (χ3n) is 4.70. The standard InChI is InChI=1S/C14H26N4O2S/c1-4-14(7-5-6-8-14)10-16-21(19,20)13-12(9-15-3)11(2)17-18-13/h15-16H,4-10H2,1-3H3,(H,17,18). The highest BCUT2D eigenvalue weighted by Crippen LogP contribution is 2.40. The van der Waals surface area contributed by atoms with Crippen LogP contribution in [-0.4, -0.2) is 32.2 Å². The van der Waals surface area contributed by atoms with Crippen molar-refractivity contribution in [2.75, 3.05) is 13.6 Å². The molecule has 0 spiro atoms. The molecule has 1 saturated carbocycles. The van der Waals surface area contributed by atoms with Crippen molar-refractivity contribution in [3.63, 3.8) is 0 Å². The van der Waals surface area contributed by atoms with E-state index in [4.69, 9.17) is 0 Å². The number of rotatable bonds is 7. The van der Waals surface area contributed by atoms with Crippen LogP contribution >= 0.6 is 0 Å². The summed E-state index contributed by atoms with van der Waals surface area (Å²) in [6, 6.07) is 0. The van der Waals surface area contributed by atoms with E-state index in [-0.39, 0.29) is 10.4 Å². The zero-order valence-corrected chi connectivity index (χ0v) is 13.9. The van der Waals surface area contributed by atoms with Gasteiger partial charge in [-0.25, -0.2) is 13.1 Å². The summed E-state index contributed by atoms with van der Waals surface area (Å²) in [7, 11) is -1.77. The van der Waals surface area contributed by atoms with Gasteiger partial charge >= 0.3 is 0 Å². The van der Waals surface area contributed by atoms with Gasteiger partial charge in [0.1, 0.15) is 0 Å². The van der Waals surface area contributed by atoms with Crippen molar-refractivity contribution in [3.05, 3.63) is 11.3 Å². The van der Waals surface area contributed by atoms with Gasteiger partial charge < -0.3 is 5.32 Å². The molecule has 0 aliphatic heterocycles. The Labute approximate surface area is 127 Å². The van der Waals surface area contributed by atoms with Gasteiger partial charge in [0.25, 0.3) is 10.0 Å². The molecule has 6 nitrogen and oxygen atoms in total. The molecule has 0 aromatic carbocycles. The Bertz CT molecular complexity index is 574. The van der Waals surface area contributed by atoms with Crippen molar-refractivity contribution < 1.29 is 8.42 Å². The van der Waals surface area contributed by atoms with E-state index in [0.717, 1.165) is 25.0 Å². The average molecular weight is 314 g/mol. The Morgan fingerprint density at radius 2 is 2.00 bits per heavy atom. The Balaban J connectivity index is 2.15. The van der Waals surface area contributed by atoms with E-state index in [1.165, 1.54) is 12.8 Å². The normalized spacial score (nSPS) is 18.2. The maximum absolute atomic E-state index is 12.5. The van der Waals surface area contributed by atoms with Gasteiger partial charge in [-0.3, -0.25) is 5.10 Å². The highest BCUT2D eigenvalue weighted by molar-refractivity contribution is 7.89. The summed E-state index contributed by atoms with van der Waals surface area (Å²) in [5, 5.41) is 9.87. The van der Waals surface area contributed by atoms with Gasteiger partial charge in [0.2, 0.25) is 0 Å². The summed E-state index contributed by atoms with van der Waals surface area (Å²) in [6.07, 6.45) is 5.62. The van der Waals surface area contributed by atoms with E-state index < -0.39 is 10.0 Å². The molecule has 0 radical (unpaired) electrons. The smallest absolute Gasteiger partial charge is 0.260 e. The van der Waals surface area contributed by atoms with Gasteiger partial charge in [0.15, 0.2) is 5.03 Å². The summed E-state index contributed by atoms with van der Waals surface area (Å²) >= 11 is 0. The molecule has 7 heteroatoms. The molecule has 1 aliphatic carbocycles. The molecular weight excluding hydrogens is 288 g/mol. The van der Waals surface area contributed by atoms with Crippen LogP contribution in [0.5, 0.6) is 0 Å². The van der Waals surface area contributed by atoms with Crippen LogP contribution in [0.1, 0.15) is 50.3 Å². The first kappa shape index (κ1) is 16.5. The second-order valence-corrected chi connectivity index (χ2v) is 7.73. The van der Waals surface area contributed by atoms with E-state index in [9.17, 15) is 8.42 Å². The van der Waals surface area contributed by atoms with Crippen LogP contribution in [0.25, 0.3) is 0 Å². The third kappa shape index (κ3) is 3.46. The quantitative estimate of drug-likeness (QED) is 0.715. The third-order valence-corrected chi connectivity index (χ3v) is 6.07. The number of nitrogens with zero attached hydrogens (tertiary/aromatic N) is 1. The SMILES string of the molecule is CCC1(CNS(=O)(=O)c2n[nH]c(C)c2CNC)CCCC1. The Morgan fingerprint density at radius 3 is 2.57 bits per heavy atom. The zero-order valence-electron chi connectivity index (χ0n) is 13.1. The van der Waals surface area contributed by atoms with Crippen LogP contribution in [0, 0.1) is 12.3 Å². The minimum Gasteiger partial charge on any atom is -0.316 e. The molecule has 3 N–H and O–H groups in total. The van der Waals surface area contributed by atoms with Gasteiger partial charge in [0.05, 0.1) is 0 Å². The molecule has 0 unspecified atom stereocenters. The van der Waals surface area contributed by atoms with Crippen LogP contribution in [0.2, 0.25) is 0 Å². The molecule has 2 rings (SSSR count). The first-order chi connectivity index (χ1) is 9.94. The minimum atomic E-state index is -3.56. The molecule has 1 aromatic rings. The lowest BCUT2D eigenvalue weighted by molar-refractivity contribution is 0.285. The van der Waals surface area contributed by atoms with Gasteiger partial charge in [-0.15, -0.1) is 0 Å². The molecule has 1 aromatic heterocycles. The number of hydrogen-bond acceptors (Lipinski definition) is 4. The van der Waals surface area contributed by atoms with E-state index in [1.807, 2.05) is 6.92 Å². The van der Waals surface area contributed by atoms with Crippen molar-refractivity contribution >= 4 is 10.0 Å². The predicted octanol–water partition coefficient (Wildman–Crippen LogP) is 1.69. The number of sulfonamides is 1. The first-order valence-electron chi connectivity index (χ1n) is 7.62. The summed E-state index contributed by atoms with van der Waals surface area (Å²) < 4.78 is 27.9. The molecular formula is C14H26N4O2S. The van der Waals surface area contributed by atoms with Gasteiger partial charge in [0, 0.05) is 24.3 Å². The number of aryl methyl sites for hydroxylation is 1. The highest BCUT2D eigenvalue weighted by atomic mass is 32.2. The number of hydrogen-bond donors (Lipinski definition) is 3. The van der Waals surface area contributed by atoms with Gasteiger partial charge in [-0.2, -0.15) is 5.10 Å². The van der Waals surface area contributed by atoms with E-state index in [1.54, 1.807) is 7.05 Å². The second-order valence-electron chi connectivity index (χ2n) is 6.05. The van der Waals surface area contributed by atoms with Crippen molar-refractivity contribution in [2.24, 2.45) is 5.41 Å². The van der Waals surface area contributed by atoms with Crippen LogP contribution in [-0.2, 0) is 16.6 Å². The van der Waals surface area contributed by atoms with E-state index in [0.29, 0.717) is 18.7 Å². The fraction of sp³-hybridized carbons (Fsp3) is 0.786. The summed E-state index contributed by atoms with van der Waals surface area (Å²) in [6.45, 7) is 4.97. The Morgan fingerprint density at radius 1 is 1.33 bits per heavy atom. The molecule has 0 saturated heterocycles. The summed E-state index contributed by atoms with van der Waals surface area (Å²) in [5.41, 5.74) is 1.62. The van der Waals surface area contributed by atoms with Crippen LogP contribution in [0.3, 0.4) is 0 Å². The fourth-order valence-corrected chi connectivity index (χ4v) is 4.48. The molecule has 1 heterocycles. The van der Waals surface area contributed by atoms with Crippen LogP contribution in [0.4, 0.5) is 0 Å². The van der Waals surface area contributed by atoms with Crippen molar-refractivity contribution in [3.8, 4) is 0 Å². The molecule has 1 fully saturated rings. The van der Waals surface area contributed by atoms with Crippen LogP contribution in [0.15, 0.2) is 5.03 Å². The average Bonchev–Trinajstić information content (AvgIpc) is 3.06. The topological polar surface area (TPSA) is 86.9 Å². The molecule has 0 bridgehead atoms. The number of aromatic nitrogens is 2. The predicted molar refractivity (Wildman–Crippen MR) is 82.5 cm³/mol. The highest BCUT2D eigenvalue weighted by Gasteiger charge is 2.34. The van der Waals surface area contributed by atoms with Gasteiger partial charge in [-0.05, 0) is 38.6 Å². The molecule has 0 amide bonds. The minimum absolute atomic E-state index is 0.124. The largest absolute Gasteiger partial charge is 0.316 e. The Hall–Kier alpha value is -0.920. The lowest BCUT2D eigenvalue weighted by Gasteiger charge is -2.27. The lowest BCUT2D eigenvalue weighted by Crippen LogP contribution is -2.36. The maximum atomic E-state index is 12.5. The zero-order chi connectivity index (χ0) is 15.5. The second kappa shape index (κ2) is 6.46. The molecule has 0 atom stereocenters. The number of aromatic amines is 1. The van der Waals surface area contributed by atoms with Crippen molar-refractivity contribution in [1.29, 1.82) is 0 Å². The summed E-state index contributed by atoms with van der Waals surface area (Å²) in [4.78, 5) is 0. The van der Waals surface area contributed by atoms with Gasteiger partial charge in [-0.1, -0.05) is 19.8 Å². The van der Waals surface area contributed by atoms with Crippen molar-refractivity contribution in [2.45, 2.75) is 57.5 Å². The summed E-state index contributed by atoms with van der Waals surface area (Å²) in [5.74, 6) is 0. The van der Waals surface area contributed by atoms with E-state index in [2.05, 4.69) is 27.2 Å². The van der Waals surface area contributed by atoms with E-state index >= 15 is 0 Å². The molecule has 21 heavy (non-hydrogen) atoms. The monoisotopic (exact) mass is 314 g/mol. The lowest BCUT2D eigenvalue weighted by atomic mass is 9.84.